The van der Waals surface area contributed by atoms with Crippen LogP contribution in [0, 0.1) is 5.92 Å². The molecule has 3 heteroatoms. The molecule has 112 valence electrons. The molecule has 2 unspecified atom stereocenters. The van der Waals surface area contributed by atoms with Crippen molar-refractivity contribution in [1.29, 1.82) is 0 Å². The van der Waals surface area contributed by atoms with Crippen molar-refractivity contribution < 1.29 is 9.84 Å². The average molecular weight is 269 g/mol. The lowest BCUT2D eigenvalue weighted by Gasteiger charge is -2.33. The van der Waals surface area contributed by atoms with Gasteiger partial charge in [0.25, 0.3) is 0 Å². The maximum atomic E-state index is 9.39. The van der Waals surface area contributed by atoms with Crippen LogP contribution >= 0.6 is 0 Å². The summed E-state index contributed by atoms with van der Waals surface area (Å²) >= 11 is 0. The zero-order valence-corrected chi connectivity index (χ0v) is 12.7. The van der Waals surface area contributed by atoms with Gasteiger partial charge in [0.2, 0.25) is 0 Å². The average Bonchev–Trinajstić information content (AvgIpc) is 2.78. The minimum Gasteiger partial charge on any atom is -0.395 e. The zero-order valence-electron chi connectivity index (χ0n) is 12.7. The highest BCUT2D eigenvalue weighted by Gasteiger charge is 2.40. The molecule has 0 aromatic carbocycles. The Morgan fingerprint density at radius 1 is 1.21 bits per heavy atom. The van der Waals surface area contributed by atoms with Gasteiger partial charge in [-0.3, -0.25) is 0 Å². The van der Waals surface area contributed by atoms with Gasteiger partial charge in [-0.25, -0.2) is 0 Å². The van der Waals surface area contributed by atoms with Crippen LogP contribution < -0.4 is 5.32 Å². The Bertz CT molecular complexity index is 261. The highest BCUT2D eigenvalue weighted by Crippen LogP contribution is 2.41. The summed E-state index contributed by atoms with van der Waals surface area (Å²) in [6.45, 7) is 5.54. The number of ether oxygens (including phenoxy) is 1. The van der Waals surface area contributed by atoms with Crippen LogP contribution in [-0.4, -0.2) is 36.0 Å². The van der Waals surface area contributed by atoms with Crippen molar-refractivity contribution in [2.45, 2.75) is 83.0 Å². The van der Waals surface area contributed by atoms with Gasteiger partial charge in [0.15, 0.2) is 0 Å². The molecule has 0 amide bonds. The van der Waals surface area contributed by atoms with E-state index in [1.54, 1.807) is 0 Å². The van der Waals surface area contributed by atoms with E-state index in [1.165, 1.54) is 44.9 Å². The molecule has 1 saturated heterocycles. The third-order valence-electron chi connectivity index (χ3n) is 4.71. The van der Waals surface area contributed by atoms with Gasteiger partial charge in [0.1, 0.15) is 0 Å². The summed E-state index contributed by atoms with van der Waals surface area (Å²) < 4.78 is 6.35. The first-order valence-electron chi connectivity index (χ1n) is 8.15. The molecule has 0 bridgehead atoms. The Kier molecular flexibility index (Phi) is 5.67. The van der Waals surface area contributed by atoms with Gasteiger partial charge in [0, 0.05) is 12.6 Å². The molecule has 0 aromatic heterocycles. The second kappa shape index (κ2) is 7.05. The van der Waals surface area contributed by atoms with E-state index in [1.807, 2.05) is 0 Å². The van der Waals surface area contributed by atoms with Gasteiger partial charge < -0.3 is 15.2 Å². The molecule has 1 saturated carbocycles. The van der Waals surface area contributed by atoms with Gasteiger partial charge in [0.05, 0.1) is 18.3 Å². The first-order valence-corrected chi connectivity index (χ1v) is 8.15. The van der Waals surface area contributed by atoms with E-state index in [-0.39, 0.29) is 18.2 Å². The van der Waals surface area contributed by atoms with Crippen molar-refractivity contribution in [3.8, 4) is 0 Å². The second-order valence-electron chi connectivity index (χ2n) is 6.94. The molecule has 2 atom stereocenters. The second-order valence-corrected chi connectivity index (χ2v) is 6.94. The normalized spacial score (nSPS) is 28.1. The van der Waals surface area contributed by atoms with Crippen molar-refractivity contribution in [2.24, 2.45) is 5.92 Å². The Labute approximate surface area is 118 Å². The molecule has 2 aliphatic rings. The van der Waals surface area contributed by atoms with Crippen molar-refractivity contribution in [3.05, 3.63) is 0 Å². The standard InChI is InChI=1S/C16H31NO2/c1-13(2)10-14(12-18)17-11-15-6-9-16(19-15)7-4-3-5-8-16/h13-15,17-18H,3-12H2,1-2H3. The van der Waals surface area contributed by atoms with Gasteiger partial charge >= 0.3 is 0 Å². The van der Waals surface area contributed by atoms with Gasteiger partial charge in [-0.15, -0.1) is 0 Å². The van der Waals surface area contributed by atoms with Crippen LogP contribution in [0.25, 0.3) is 0 Å². The molecular weight excluding hydrogens is 238 g/mol. The predicted molar refractivity (Wildman–Crippen MR) is 78.3 cm³/mol. The van der Waals surface area contributed by atoms with Crippen LogP contribution in [0.4, 0.5) is 0 Å². The van der Waals surface area contributed by atoms with Crippen molar-refractivity contribution in [3.63, 3.8) is 0 Å². The number of aliphatic hydroxyl groups excluding tert-OH is 1. The van der Waals surface area contributed by atoms with Crippen molar-refractivity contribution >= 4 is 0 Å². The minimum absolute atomic E-state index is 0.220. The molecular formula is C16H31NO2. The first kappa shape index (κ1) is 15.3. The fraction of sp³-hybridized carbons (Fsp3) is 1.00. The first-order chi connectivity index (χ1) is 9.13. The van der Waals surface area contributed by atoms with Crippen LogP contribution in [0.5, 0.6) is 0 Å². The van der Waals surface area contributed by atoms with Crippen LogP contribution in [0.3, 0.4) is 0 Å². The molecule has 0 aromatic rings. The fourth-order valence-electron chi connectivity index (χ4n) is 3.69. The molecule has 19 heavy (non-hydrogen) atoms. The summed E-state index contributed by atoms with van der Waals surface area (Å²) in [6, 6.07) is 0.228. The van der Waals surface area contributed by atoms with Gasteiger partial charge in [-0.2, -0.15) is 0 Å². The fourth-order valence-corrected chi connectivity index (χ4v) is 3.69. The van der Waals surface area contributed by atoms with E-state index in [4.69, 9.17) is 4.74 Å². The zero-order chi connectivity index (χ0) is 13.7. The molecule has 1 aliphatic carbocycles. The molecule has 3 nitrogen and oxygen atoms in total. The predicted octanol–water partition coefficient (Wildman–Crippen LogP) is 2.86. The Hall–Kier alpha value is -0.120. The number of nitrogens with one attached hydrogen (secondary N) is 1. The summed E-state index contributed by atoms with van der Waals surface area (Å²) in [5.41, 5.74) is 0.220. The molecule has 2 fully saturated rings. The summed E-state index contributed by atoms with van der Waals surface area (Å²) in [4.78, 5) is 0. The van der Waals surface area contributed by atoms with E-state index in [9.17, 15) is 5.11 Å². The van der Waals surface area contributed by atoms with Gasteiger partial charge in [-0.1, -0.05) is 33.1 Å². The Balaban J connectivity index is 1.72. The topological polar surface area (TPSA) is 41.5 Å². The number of aliphatic hydroxyl groups is 1. The number of rotatable bonds is 6. The summed E-state index contributed by atoms with van der Waals surface area (Å²) in [5, 5.41) is 12.9. The van der Waals surface area contributed by atoms with E-state index >= 15 is 0 Å². The Morgan fingerprint density at radius 2 is 1.95 bits per heavy atom. The molecule has 0 radical (unpaired) electrons. The van der Waals surface area contributed by atoms with E-state index < -0.39 is 0 Å². The van der Waals surface area contributed by atoms with Crippen LogP contribution in [0.2, 0.25) is 0 Å². The van der Waals surface area contributed by atoms with Crippen LogP contribution in [0.1, 0.15) is 65.2 Å². The smallest absolute Gasteiger partial charge is 0.0708 e. The summed E-state index contributed by atoms with van der Waals surface area (Å²) in [6.07, 6.45) is 10.4. The maximum Gasteiger partial charge on any atom is 0.0708 e. The van der Waals surface area contributed by atoms with Crippen LogP contribution in [-0.2, 0) is 4.74 Å². The number of hydrogen-bond donors (Lipinski definition) is 2. The molecule has 1 heterocycles. The monoisotopic (exact) mass is 269 g/mol. The van der Waals surface area contributed by atoms with Crippen molar-refractivity contribution in [1.82, 2.24) is 5.32 Å². The van der Waals surface area contributed by atoms with Crippen molar-refractivity contribution in [2.75, 3.05) is 13.2 Å². The lowest BCUT2D eigenvalue weighted by atomic mass is 9.83. The lowest BCUT2D eigenvalue weighted by molar-refractivity contribution is -0.0633. The SMILES string of the molecule is CC(C)CC(CO)NCC1CCC2(CCCCC2)O1. The Morgan fingerprint density at radius 3 is 2.58 bits per heavy atom. The third kappa shape index (κ3) is 4.44. The molecule has 2 rings (SSSR count). The van der Waals surface area contributed by atoms with Crippen LogP contribution in [0.15, 0.2) is 0 Å². The minimum atomic E-state index is 0.220. The van der Waals surface area contributed by atoms with Gasteiger partial charge in [-0.05, 0) is 38.0 Å². The molecule has 1 aliphatic heterocycles. The third-order valence-corrected chi connectivity index (χ3v) is 4.71. The maximum absolute atomic E-state index is 9.39. The van der Waals surface area contributed by atoms with E-state index in [0.29, 0.717) is 12.0 Å². The summed E-state index contributed by atoms with van der Waals surface area (Å²) in [5.74, 6) is 0.624. The number of hydrogen-bond acceptors (Lipinski definition) is 3. The quantitative estimate of drug-likeness (QED) is 0.779. The van der Waals surface area contributed by atoms with E-state index in [2.05, 4.69) is 19.2 Å². The molecule has 2 N–H and O–H groups in total. The highest BCUT2D eigenvalue weighted by atomic mass is 16.5. The highest BCUT2D eigenvalue weighted by molar-refractivity contribution is 4.92. The molecule has 1 spiro atoms. The lowest BCUT2D eigenvalue weighted by Crippen LogP contribution is -2.40. The summed E-state index contributed by atoms with van der Waals surface area (Å²) in [7, 11) is 0. The largest absolute Gasteiger partial charge is 0.395 e. The van der Waals surface area contributed by atoms with E-state index in [0.717, 1.165) is 13.0 Å².